The average molecular weight is 326 g/mol. The Bertz CT molecular complexity index is 711. The molecule has 0 radical (unpaired) electrons. The number of Topliss-reactive ketones (excluding diaryl/α,β-unsaturated/α-hetero) is 1. The average Bonchev–Trinajstić information content (AvgIpc) is 2.55. The maximum Gasteiger partial charge on any atom is 0.252 e. The number of hydrogen-bond donors (Lipinski definition) is 2. The molecule has 0 saturated heterocycles. The number of nitrogens with one attached hydrogen (secondary N) is 2. The van der Waals surface area contributed by atoms with Gasteiger partial charge in [0.1, 0.15) is 5.82 Å². The molecular formula is C18H22N4O2. The van der Waals surface area contributed by atoms with E-state index in [1.165, 1.54) is 13.1 Å². The molecule has 0 atom stereocenters. The molecule has 2 aromatic rings. The number of likely N-dealkylation sites (N-methyl/N-ethyl adjacent to an activating group) is 1. The number of pyridine rings is 1. The van der Waals surface area contributed by atoms with Gasteiger partial charge in [-0.15, -0.1) is 0 Å². The lowest BCUT2D eigenvalue weighted by molar-refractivity contribution is 0.0949. The number of carbonyl (C=O) groups excluding carboxylic acids is 2. The largest absolute Gasteiger partial charge is 0.351 e. The van der Waals surface area contributed by atoms with Gasteiger partial charge in [0.05, 0.1) is 5.56 Å². The smallest absolute Gasteiger partial charge is 0.252 e. The lowest BCUT2D eigenvalue weighted by Crippen LogP contribution is -2.31. The lowest BCUT2D eigenvalue weighted by atomic mass is 10.1. The highest BCUT2D eigenvalue weighted by Crippen LogP contribution is 2.16. The van der Waals surface area contributed by atoms with E-state index in [1.807, 2.05) is 31.1 Å². The van der Waals surface area contributed by atoms with Gasteiger partial charge in [0.2, 0.25) is 0 Å². The standard InChI is InChI=1S/C18H22N4O2/c1-13(23)14-5-4-6-16(11-14)21-17-8-7-15(12-20-17)18(24)19-9-10-22(2)3/h4-8,11-12H,9-10H2,1-3H3,(H,19,24)(H,20,21). The molecule has 1 aromatic carbocycles. The number of anilines is 2. The summed E-state index contributed by atoms with van der Waals surface area (Å²) in [4.78, 5) is 29.6. The minimum Gasteiger partial charge on any atom is -0.351 e. The molecule has 6 heteroatoms. The van der Waals surface area contributed by atoms with E-state index in [0.717, 1.165) is 12.2 Å². The van der Waals surface area contributed by atoms with Gasteiger partial charge in [-0.05, 0) is 45.3 Å². The van der Waals surface area contributed by atoms with Crippen molar-refractivity contribution in [1.29, 1.82) is 0 Å². The first-order chi connectivity index (χ1) is 11.5. The molecule has 6 nitrogen and oxygen atoms in total. The van der Waals surface area contributed by atoms with Crippen LogP contribution in [0, 0.1) is 0 Å². The number of carbonyl (C=O) groups is 2. The monoisotopic (exact) mass is 326 g/mol. The summed E-state index contributed by atoms with van der Waals surface area (Å²) in [6.07, 6.45) is 1.53. The maximum absolute atomic E-state index is 12.0. The van der Waals surface area contributed by atoms with Crippen molar-refractivity contribution < 1.29 is 9.59 Å². The summed E-state index contributed by atoms with van der Waals surface area (Å²) in [5.41, 5.74) is 1.92. The van der Waals surface area contributed by atoms with Gasteiger partial charge in [-0.1, -0.05) is 12.1 Å². The summed E-state index contributed by atoms with van der Waals surface area (Å²) < 4.78 is 0. The molecule has 0 unspecified atom stereocenters. The molecule has 0 aliphatic rings. The second kappa shape index (κ2) is 8.21. The van der Waals surface area contributed by atoms with Gasteiger partial charge in [-0.2, -0.15) is 0 Å². The molecule has 0 fully saturated rings. The SMILES string of the molecule is CC(=O)c1cccc(Nc2ccc(C(=O)NCCN(C)C)cn2)c1. The number of aromatic nitrogens is 1. The van der Waals surface area contributed by atoms with Crippen LogP contribution < -0.4 is 10.6 Å². The normalized spacial score (nSPS) is 10.5. The summed E-state index contributed by atoms with van der Waals surface area (Å²) in [5, 5.41) is 5.96. The van der Waals surface area contributed by atoms with Crippen LogP contribution in [0.2, 0.25) is 0 Å². The van der Waals surface area contributed by atoms with E-state index in [0.29, 0.717) is 23.5 Å². The fraction of sp³-hybridized carbons (Fsp3) is 0.278. The topological polar surface area (TPSA) is 74.3 Å². The molecule has 0 spiro atoms. The summed E-state index contributed by atoms with van der Waals surface area (Å²) in [7, 11) is 3.91. The van der Waals surface area contributed by atoms with Crippen molar-refractivity contribution in [3.63, 3.8) is 0 Å². The number of hydrogen-bond acceptors (Lipinski definition) is 5. The first-order valence-electron chi connectivity index (χ1n) is 7.72. The maximum atomic E-state index is 12.0. The number of amides is 1. The fourth-order valence-corrected chi connectivity index (χ4v) is 2.06. The third-order valence-corrected chi connectivity index (χ3v) is 3.41. The number of benzene rings is 1. The summed E-state index contributed by atoms with van der Waals surface area (Å²) >= 11 is 0. The van der Waals surface area contributed by atoms with E-state index in [-0.39, 0.29) is 11.7 Å². The molecule has 24 heavy (non-hydrogen) atoms. The fourth-order valence-electron chi connectivity index (χ4n) is 2.06. The predicted molar refractivity (Wildman–Crippen MR) is 94.9 cm³/mol. The van der Waals surface area contributed by atoms with E-state index >= 15 is 0 Å². The van der Waals surface area contributed by atoms with Crippen LogP contribution >= 0.6 is 0 Å². The van der Waals surface area contributed by atoms with Crippen LogP contribution in [0.25, 0.3) is 0 Å². The molecule has 1 amide bonds. The van der Waals surface area contributed by atoms with Crippen molar-refractivity contribution in [2.75, 3.05) is 32.5 Å². The van der Waals surface area contributed by atoms with Crippen LogP contribution in [0.1, 0.15) is 27.6 Å². The zero-order valence-corrected chi connectivity index (χ0v) is 14.2. The highest BCUT2D eigenvalue weighted by atomic mass is 16.1. The Morgan fingerprint density at radius 1 is 1.12 bits per heavy atom. The lowest BCUT2D eigenvalue weighted by Gasteiger charge is -2.11. The van der Waals surface area contributed by atoms with Gasteiger partial charge in [0.25, 0.3) is 5.91 Å². The first-order valence-corrected chi connectivity index (χ1v) is 7.72. The van der Waals surface area contributed by atoms with Crippen molar-refractivity contribution >= 4 is 23.2 Å². The van der Waals surface area contributed by atoms with Gasteiger partial charge in [0.15, 0.2) is 5.78 Å². The Morgan fingerprint density at radius 3 is 2.54 bits per heavy atom. The third kappa shape index (κ3) is 5.17. The highest BCUT2D eigenvalue weighted by molar-refractivity contribution is 5.95. The van der Waals surface area contributed by atoms with Crippen LogP contribution in [-0.2, 0) is 0 Å². The Kier molecular flexibility index (Phi) is 6.03. The molecule has 0 aliphatic heterocycles. The summed E-state index contributed by atoms with van der Waals surface area (Å²) in [6, 6.07) is 10.7. The zero-order valence-electron chi connectivity index (χ0n) is 14.2. The number of ketones is 1. The van der Waals surface area contributed by atoms with Crippen molar-refractivity contribution in [2.45, 2.75) is 6.92 Å². The van der Waals surface area contributed by atoms with Crippen LogP contribution in [0.15, 0.2) is 42.6 Å². The Hall–Kier alpha value is -2.73. The van der Waals surface area contributed by atoms with E-state index in [4.69, 9.17) is 0 Å². The molecule has 2 N–H and O–H groups in total. The van der Waals surface area contributed by atoms with Gasteiger partial charge < -0.3 is 15.5 Å². The van der Waals surface area contributed by atoms with E-state index in [1.54, 1.807) is 24.3 Å². The predicted octanol–water partition coefficient (Wildman–Crippen LogP) is 2.32. The molecule has 0 saturated carbocycles. The quantitative estimate of drug-likeness (QED) is 0.764. The van der Waals surface area contributed by atoms with E-state index in [2.05, 4.69) is 15.6 Å². The van der Waals surface area contributed by atoms with Crippen LogP contribution in [0.4, 0.5) is 11.5 Å². The molecule has 126 valence electrons. The molecule has 0 bridgehead atoms. The molecule has 2 rings (SSSR count). The first kappa shape index (κ1) is 17.6. The van der Waals surface area contributed by atoms with Crippen molar-refractivity contribution in [3.05, 3.63) is 53.7 Å². The second-order valence-corrected chi connectivity index (χ2v) is 5.75. The number of nitrogens with zero attached hydrogens (tertiary/aromatic N) is 2. The minimum absolute atomic E-state index is 0.0105. The third-order valence-electron chi connectivity index (χ3n) is 3.41. The summed E-state index contributed by atoms with van der Waals surface area (Å²) in [5.74, 6) is 0.478. The zero-order chi connectivity index (χ0) is 17.5. The molecular weight excluding hydrogens is 304 g/mol. The van der Waals surface area contributed by atoms with Gasteiger partial charge in [-0.3, -0.25) is 9.59 Å². The Balaban J connectivity index is 1.98. The van der Waals surface area contributed by atoms with E-state index in [9.17, 15) is 9.59 Å². The van der Waals surface area contributed by atoms with Gasteiger partial charge in [0, 0.05) is 30.5 Å². The Morgan fingerprint density at radius 2 is 1.92 bits per heavy atom. The Labute approximate surface area is 141 Å². The molecule has 0 aliphatic carbocycles. The van der Waals surface area contributed by atoms with Crippen molar-refractivity contribution in [1.82, 2.24) is 15.2 Å². The minimum atomic E-state index is -0.144. The van der Waals surface area contributed by atoms with Gasteiger partial charge in [-0.25, -0.2) is 4.98 Å². The summed E-state index contributed by atoms with van der Waals surface area (Å²) in [6.45, 7) is 2.90. The van der Waals surface area contributed by atoms with Crippen LogP contribution in [0.5, 0.6) is 0 Å². The van der Waals surface area contributed by atoms with Crippen LogP contribution in [0.3, 0.4) is 0 Å². The van der Waals surface area contributed by atoms with Gasteiger partial charge >= 0.3 is 0 Å². The highest BCUT2D eigenvalue weighted by Gasteiger charge is 2.06. The van der Waals surface area contributed by atoms with Crippen molar-refractivity contribution in [2.24, 2.45) is 0 Å². The second-order valence-electron chi connectivity index (χ2n) is 5.75. The molecule has 1 heterocycles. The van der Waals surface area contributed by atoms with Crippen LogP contribution in [-0.4, -0.2) is 48.8 Å². The molecule has 1 aromatic heterocycles. The van der Waals surface area contributed by atoms with E-state index < -0.39 is 0 Å². The number of rotatable bonds is 7. The van der Waals surface area contributed by atoms with Crippen molar-refractivity contribution in [3.8, 4) is 0 Å².